The van der Waals surface area contributed by atoms with Crippen LogP contribution in [0.1, 0.15) is 68.1 Å². The highest BCUT2D eigenvalue weighted by Gasteiger charge is 2.30. The fraction of sp³-hybridized carbons (Fsp3) is 0.491. The summed E-state index contributed by atoms with van der Waals surface area (Å²) < 4.78 is 35.4. The van der Waals surface area contributed by atoms with Gasteiger partial charge >= 0.3 is 30.0 Å². The third-order valence-electron chi connectivity index (χ3n) is 13.6. The van der Waals surface area contributed by atoms with Gasteiger partial charge in [0, 0.05) is 122 Å². The molecule has 3 aromatic carbocycles. The zero-order chi connectivity index (χ0) is 65.1. The number of aromatic hydroxyl groups is 1. The van der Waals surface area contributed by atoms with Gasteiger partial charge in [0.2, 0.25) is 23.6 Å². The van der Waals surface area contributed by atoms with Crippen LogP contribution in [0, 0.1) is 11.6 Å². The molecule has 32 heteroatoms. The van der Waals surface area contributed by atoms with Crippen LogP contribution in [-0.4, -0.2) is 229 Å². The highest BCUT2D eigenvalue weighted by Crippen LogP contribution is 2.29. The van der Waals surface area contributed by atoms with E-state index in [1.165, 1.54) is 0 Å². The van der Waals surface area contributed by atoms with Gasteiger partial charge in [-0.1, -0.05) is 49.4 Å². The molecular formula is C57H81F2N15O15. The largest absolute Gasteiger partial charge is 0.508 e. The number of urea groups is 2. The van der Waals surface area contributed by atoms with Gasteiger partial charge in [-0.3, -0.25) is 63.9 Å². The molecule has 0 aromatic heterocycles. The maximum atomic E-state index is 14.7. The number of phenols is 1. The summed E-state index contributed by atoms with van der Waals surface area (Å²) in [6.45, 7) is 2.17. The normalized spacial score (nSPS) is 14.8. The Hall–Kier alpha value is -9.11. The van der Waals surface area contributed by atoms with Gasteiger partial charge in [0.25, 0.3) is 0 Å². The smallest absolute Gasteiger partial charge is 0.344 e. The molecule has 1 aliphatic rings. The number of hydrazine groups is 1. The van der Waals surface area contributed by atoms with Crippen LogP contribution in [0.25, 0.3) is 0 Å². The number of nitrogens with one attached hydrogen (secondary N) is 9. The van der Waals surface area contributed by atoms with Crippen LogP contribution < -0.4 is 58.5 Å². The molecule has 4 rings (SSSR count). The van der Waals surface area contributed by atoms with Crippen LogP contribution in [0.3, 0.4) is 0 Å². The molecule has 0 radical (unpaired) electrons. The predicted molar refractivity (Wildman–Crippen MR) is 318 cm³/mol. The van der Waals surface area contributed by atoms with E-state index in [0.717, 1.165) is 0 Å². The van der Waals surface area contributed by atoms with E-state index in [1.807, 2.05) is 0 Å². The minimum absolute atomic E-state index is 0.0277. The third kappa shape index (κ3) is 28.5. The standard InChI is InChI=1S/C57H81F2N15O15/c1-2-47(77)62-19-20-65-56(87)68-55(60)63-17-9-14-45(53(85)66-33-42-43(58)31-40(76)32-44(42)59)67-54(86)52(38-10-4-3-5-11-38)39-12-8-13-41(30-39)89-29-7-6-16-64-57(88)70-69-48(78)15-18-61-46(37-75)74-27-25-72(35-50(81)82)23-21-71(34-49(79)80)22-24-73(26-28-74)36-51(83)84/h3-5,8,10-13,30-32,37,45-46,52,61,76H,2,6-7,9,14-29,33-36H2,1H3,(H,62,77)(H,66,85)(H,67,86)(H,69,78)(H,79,80)(H,81,82)(H,83,84)(H2,64,70,88)(H4,60,63,65,68,87)/t45-,46?,52+/m1/s1. The van der Waals surface area contributed by atoms with Crippen molar-refractivity contribution in [1.82, 2.24) is 67.7 Å². The molecular weight excluding hydrogens is 1170 g/mol. The molecule has 1 aliphatic heterocycles. The first-order valence-corrected chi connectivity index (χ1v) is 28.9. The Kier molecular flexibility index (Phi) is 32.2. The van der Waals surface area contributed by atoms with E-state index in [2.05, 4.69) is 53.1 Å². The van der Waals surface area contributed by atoms with E-state index in [9.17, 15) is 77.2 Å². The first kappa shape index (κ1) is 72.4. The Balaban J connectivity index is 1.28. The number of nitrogens with zero attached hydrogens (tertiary/aromatic N) is 5. The summed E-state index contributed by atoms with van der Waals surface area (Å²) in [5, 5.41) is 56.8. The summed E-state index contributed by atoms with van der Waals surface area (Å²) in [6.07, 6.45) is 0.757. The molecule has 3 aromatic rings. The number of carboxylic acids is 3. The summed E-state index contributed by atoms with van der Waals surface area (Å²) in [5.41, 5.74) is 10.9. The number of ether oxygens (including phenoxy) is 1. The first-order valence-electron chi connectivity index (χ1n) is 28.9. The molecule has 0 spiro atoms. The Morgan fingerprint density at radius 2 is 1.24 bits per heavy atom. The van der Waals surface area contributed by atoms with Crippen molar-refractivity contribution in [3.63, 3.8) is 0 Å². The number of aliphatic carboxylic acids is 3. The van der Waals surface area contributed by atoms with Gasteiger partial charge in [0.05, 0.1) is 32.2 Å². The predicted octanol–water partition coefficient (Wildman–Crippen LogP) is -1.01. The second-order valence-electron chi connectivity index (χ2n) is 20.4. The number of aldehydes is 1. The number of carboxylic acid groups (broad SMARTS) is 3. The summed E-state index contributed by atoms with van der Waals surface area (Å²) in [5.74, 6) is -9.22. The van der Waals surface area contributed by atoms with Crippen molar-refractivity contribution in [2.45, 2.75) is 70.1 Å². The lowest BCUT2D eigenvalue weighted by Crippen LogP contribution is -2.54. The van der Waals surface area contributed by atoms with E-state index >= 15 is 0 Å². The van der Waals surface area contributed by atoms with Gasteiger partial charge in [-0.05, 0) is 48.9 Å². The van der Waals surface area contributed by atoms with E-state index < -0.39 is 95.3 Å². The maximum absolute atomic E-state index is 14.7. The minimum atomic E-state index is -1.28. The highest BCUT2D eigenvalue weighted by molar-refractivity contribution is 5.93. The van der Waals surface area contributed by atoms with E-state index in [4.69, 9.17) is 10.5 Å². The zero-order valence-electron chi connectivity index (χ0n) is 49.5. The summed E-state index contributed by atoms with van der Waals surface area (Å²) in [6, 6.07) is 14.0. The molecule has 0 bridgehead atoms. The Labute approximate surface area is 512 Å². The number of unbranched alkanes of at least 4 members (excludes halogenated alkanes) is 1. The SMILES string of the molecule is CCC(=O)NCCNC(=O)/N=C(/N)NCCC[C@@H](NC(=O)[C@@H](c1ccccc1)c1cccc(OCCCCNC(=O)NNC(=O)CCNC(C=O)N2CCN(CC(=O)O)CCN(CC(=O)O)CCN(CC(=O)O)CC2)c1)C(=O)NCc1c(F)cc(O)cc1F. The Morgan fingerprint density at radius 3 is 1.83 bits per heavy atom. The van der Waals surface area contributed by atoms with Crippen LogP contribution in [0.5, 0.6) is 11.5 Å². The number of rotatable bonds is 33. The number of nitrogens with two attached hydrogens (primary N) is 1. The van der Waals surface area contributed by atoms with E-state index in [0.29, 0.717) is 48.1 Å². The number of amides is 8. The van der Waals surface area contributed by atoms with Crippen LogP contribution >= 0.6 is 0 Å². The quantitative estimate of drug-likeness (QED) is 0.0114. The van der Waals surface area contributed by atoms with Crippen molar-refractivity contribution >= 4 is 65.8 Å². The lowest BCUT2D eigenvalue weighted by atomic mass is 9.90. The molecule has 1 fully saturated rings. The number of hydrogen-bond acceptors (Lipinski definition) is 17. The molecule has 30 nitrogen and oxygen atoms in total. The molecule has 1 unspecified atom stereocenters. The zero-order valence-corrected chi connectivity index (χ0v) is 49.5. The average molecular weight is 1250 g/mol. The van der Waals surface area contributed by atoms with Crippen molar-refractivity contribution in [3.05, 3.63) is 95.1 Å². The molecule has 1 saturated heterocycles. The summed E-state index contributed by atoms with van der Waals surface area (Å²) in [7, 11) is 0. The molecule has 8 amide bonds. The monoisotopic (exact) mass is 1250 g/mol. The van der Waals surface area contributed by atoms with Crippen LogP contribution in [-0.2, 0) is 44.9 Å². The number of phenolic OH excluding ortho intramolecular Hbond substituents is 1. The van der Waals surface area contributed by atoms with Gasteiger partial charge in [-0.15, -0.1) is 0 Å². The lowest BCUT2D eigenvalue weighted by molar-refractivity contribution is -0.140. The number of carbonyl (C=O) groups is 10. The molecule has 0 saturated carbocycles. The van der Waals surface area contributed by atoms with Crippen molar-refractivity contribution < 1.29 is 81.9 Å². The fourth-order valence-corrected chi connectivity index (χ4v) is 9.04. The highest BCUT2D eigenvalue weighted by atomic mass is 19.1. The van der Waals surface area contributed by atoms with Gasteiger partial charge in [0.15, 0.2) is 12.2 Å². The molecule has 89 heavy (non-hydrogen) atoms. The van der Waals surface area contributed by atoms with Gasteiger partial charge in [-0.25, -0.2) is 23.8 Å². The number of aliphatic imine (C=N–C) groups is 1. The molecule has 0 aliphatic carbocycles. The summed E-state index contributed by atoms with van der Waals surface area (Å²) >= 11 is 0. The third-order valence-corrected chi connectivity index (χ3v) is 13.6. The maximum Gasteiger partial charge on any atom is 0.344 e. The van der Waals surface area contributed by atoms with Crippen molar-refractivity contribution in [3.8, 4) is 11.5 Å². The Bertz CT molecular complexity index is 2810. The van der Waals surface area contributed by atoms with Crippen molar-refractivity contribution in [2.24, 2.45) is 10.7 Å². The van der Waals surface area contributed by atoms with E-state index in [1.54, 1.807) is 81.1 Å². The van der Waals surface area contributed by atoms with Gasteiger partial charge in [0.1, 0.15) is 35.3 Å². The Morgan fingerprint density at radius 1 is 0.652 bits per heavy atom. The molecule has 1 heterocycles. The average Bonchev–Trinajstić information content (AvgIpc) is 3.06. The topological polar surface area (TPSA) is 420 Å². The van der Waals surface area contributed by atoms with Crippen molar-refractivity contribution in [1.29, 1.82) is 0 Å². The molecule has 15 N–H and O–H groups in total. The second-order valence-corrected chi connectivity index (χ2v) is 20.4. The van der Waals surface area contributed by atoms with Gasteiger partial charge < -0.3 is 67.6 Å². The van der Waals surface area contributed by atoms with Crippen LogP contribution in [0.15, 0.2) is 71.7 Å². The second kappa shape index (κ2) is 39.6. The number of carbonyl (C=O) groups excluding carboxylic acids is 7. The summed E-state index contributed by atoms with van der Waals surface area (Å²) in [4.78, 5) is 135. The fourth-order valence-electron chi connectivity index (χ4n) is 9.04. The molecule has 3 atom stereocenters. The number of halogens is 2. The van der Waals surface area contributed by atoms with E-state index in [-0.39, 0.29) is 149 Å². The minimum Gasteiger partial charge on any atom is -0.508 e. The van der Waals surface area contributed by atoms with Gasteiger partial charge in [-0.2, -0.15) is 4.99 Å². The first-order chi connectivity index (χ1) is 42.6. The lowest BCUT2D eigenvalue weighted by Gasteiger charge is -2.35. The molecule has 488 valence electrons. The number of hydrogen-bond donors (Lipinski definition) is 14. The number of benzene rings is 3. The van der Waals surface area contributed by atoms with Crippen LogP contribution in [0.2, 0.25) is 0 Å². The van der Waals surface area contributed by atoms with Crippen LogP contribution in [0.4, 0.5) is 18.4 Å². The number of guanidine groups is 1. The van der Waals surface area contributed by atoms with Crippen molar-refractivity contribution in [2.75, 3.05) is 111 Å².